The second-order valence-corrected chi connectivity index (χ2v) is 5.55. The van der Waals surface area contributed by atoms with Crippen molar-refractivity contribution in [1.82, 2.24) is 0 Å². The maximum Gasteiger partial charge on any atom is 0.143 e. The number of benzene rings is 2. The highest BCUT2D eigenvalue weighted by molar-refractivity contribution is 8.03. The van der Waals surface area contributed by atoms with E-state index in [2.05, 4.69) is 43.3 Å². The molecule has 0 unspecified atom stereocenters. The summed E-state index contributed by atoms with van der Waals surface area (Å²) < 4.78 is 0. The number of allylic oxidation sites excluding steroid dienone is 2. The van der Waals surface area contributed by atoms with Gasteiger partial charge in [-0.25, -0.2) is 0 Å². The topological polar surface area (TPSA) is 17.1 Å². The Hall–Kier alpha value is -1.80. The van der Waals surface area contributed by atoms with E-state index in [9.17, 15) is 4.79 Å². The van der Waals surface area contributed by atoms with Crippen molar-refractivity contribution in [2.45, 2.75) is 18.2 Å². The molecule has 0 aromatic heterocycles. The first-order valence-corrected chi connectivity index (χ1v) is 7.02. The smallest absolute Gasteiger partial charge is 0.143 e. The summed E-state index contributed by atoms with van der Waals surface area (Å²) in [6.07, 6.45) is 3.30. The van der Waals surface area contributed by atoms with Gasteiger partial charge in [-0.1, -0.05) is 59.8 Å². The maximum absolute atomic E-state index is 10.8. The highest BCUT2D eigenvalue weighted by Gasteiger charge is 2.02. The van der Waals surface area contributed by atoms with Gasteiger partial charge in [-0.2, -0.15) is 0 Å². The van der Waals surface area contributed by atoms with Gasteiger partial charge < -0.3 is 0 Å². The quantitative estimate of drug-likeness (QED) is 0.454. The number of thioether (sulfide) groups is 1. The van der Waals surface area contributed by atoms with E-state index in [1.54, 1.807) is 17.8 Å². The highest BCUT2D eigenvalue weighted by Crippen LogP contribution is 2.29. The van der Waals surface area contributed by atoms with E-state index in [0.717, 1.165) is 22.5 Å². The van der Waals surface area contributed by atoms with Crippen molar-refractivity contribution in [2.24, 2.45) is 0 Å². The standard InChI is InChI=1S/C17H16OS/c1-14-7-9-16(10-8-14)19-17(11-12-18)13-15-5-3-2-4-6-15/h2-12H,13H2,1H3/b17-11+. The van der Waals surface area contributed by atoms with Crippen LogP contribution in [0.5, 0.6) is 0 Å². The Balaban J connectivity index is 2.11. The molecule has 0 heterocycles. The maximum atomic E-state index is 10.8. The molecule has 2 aromatic carbocycles. The van der Waals surface area contributed by atoms with Crippen molar-refractivity contribution < 1.29 is 4.79 Å². The number of carbonyl (C=O) groups excluding carboxylic acids is 1. The van der Waals surface area contributed by atoms with Crippen LogP contribution in [0.3, 0.4) is 0 Å². The monoisotopic (exact) mass is 268 g/mol. The van der Waals surface area contributed by atoms with Crippen LogP contribution < -0.4 is 0 Å². The van der Waals surface area contributed by atoms with Crippen LogP contribution in [0.4, 0.5) is 0 Å². The summed E-state index contributed by atoms with van der Waals surface area (Å²) in [6, 6.07) is 18.5. The molecule has 96 valence electrons. The lowest BCUT2D eigenvalue weighted by Gasteiger charge is -2.07. The molecule has 2 rings (SSSR count). The van der Waals surface area contributed by atoms with Gasteiger partial charge in [-0.15, -0.1) is 0 Å². The third kappa shape index (κ3) is 4.42. The van der Waals surface area contributed by atoms with E-state index in [-0.39, 0.29) is 0 Å². The molecule has 0 aliphatic heterocycles. The first-order chi connectivity index (χ1) is 9.28. The molecule has 0 radical (unpaired) electrons. The molecule has 0 aliphatic rings. The van der Waals surface area contributed by atoms with Gasteiger partial charge in [-0.3, -0.25) is 4.79 Å². The lowest BCUT2D eigenvalue weighted by Crippen LogP contribution is -1.88. The van der Waals surface area contributed by atoms with Crippen LogP contribution in [0.25, 0.3) is 0 Å². The molecule has 0 saturated heterocycles. The first kappa shape index (κ1) is 13.6. The average molecular weight is 268 g/mol. The lowest BCUT2D eigenvalue weighted by molar-refractivity contribution is -0.104. The van der Waals surface area contributed by atoms with Crippen molar-refractivity contribution in [3.63, 3.8) is 0 Å². The number of rotatable bonds is 5. The SMILES string of the molecule is Cc1ccc(S/C(=C/C=O)Cc2ccccc2)cc1. The van der Waals surface area contributed by atoms with Crippen LogP contribution in [0, 0.1) is 6.92 Å². The third-order valence-corrected chi connectivity index (χ3v) is 3.80. The molecular formula is C17H16OS. The Morgan fingerprint density at radius 3 is 2.37 bits per heavy atom. The molecular weight excluding hydrogens is 252 g/mol. The van der Waals surface area contributed by atoms with Gasteiger partial charge in [0.25, 0.3) is 0 Å². The number of aldehydes is 1. The first-order valence-electron chi connectivity index (χ1n) is 6.21. The number of hydrogen-bond acceptors (Lipinski definition) is 2. The zero-order valence-electron chi connectivity index (χ0n) is 10.9. The minimum Gasteiger partial charge on any atom is -0.299 e. The van der Waals surface area contributed by atoms with Gasteiger partial charge in [0, 0.05) is 11.3 Å². The highest BCUT2D eigenvalue weighted by atomic mass is 32.2. The van der Waals surface area contributed by atoms with E-state index in [1.165, 1.54) is 11.1 Å². The second-order valence-electron chi connectivity index (χ2n) is 4.35. The molecule has 2 heteroatoms. The molecule has 0 amide bonds. The Morgan fingerprint density at radius 2 is 1.74 bits per heavy atom. The molecule has 2 aromatic rings. The number of carbonyl (C=O) groups is 1. The van der Waals surface area contributed by atoms with Gasteiger partial charge in [0.15, 0.2) is 0 Å². The van der Waals surface area contributed by atoms with Crippen LogP contribution in [-0.4, -0.2) is 6.29 Å². The van der Waals surface area contributed by atoms with E-state index < -0.39 is 0 Å². The molecule has 0 fully saturated rings. The Labute approximate surface area is 118 Å². The predicted octanol–water partition coefficient (Wildman–Crippen LogP) is 4.41. The largest absolute Gasteiger partial charge is 0.299 e. The van der Waals surface area contributed by atoms with Gasteiger partial charge in [0.1, 0.15) is 6.29 Å². The summed E-state index contributed by atoms with van der Waals surface area (Å²) >= 11 is 1.65. The molecule has 0 atom stereocenters. The molecule has 0 spiro atoms. The van der Waals surface area contributed by atoms with Crippen molar-refractivity contribution >= 4 is 18.0 Å². The Bertz CT molecular complexity index is 556. The Kier molecular flexibility index (Phi) is 4.99. The third-order valence-electron chi connectivity index (χ3n) is 2.75. The van der Waals surface area contributed by atoms with Crippen LogP contribution in [-0.2, 0) is 11.2 Å². The van der Waals surface area contributed by atoms with Crippen LogP contribution in [0.1, 0.15) is 11.1 Å². The normalized spacial score (nSPS) is 11.3. The van der Waals surface area contributed by atoms with E-state index in [1.807, 2.05) is 18.2 Å². The van der Waals surface area contributed by atoms with Crippen molar-refractivity contribution in [1.29, 1.82) is 0 Å². The summed E-state index contributed by atoms with van der Waals surface area (Å²) in [5, 5.41) is 0. The molecule has 19 heavy (non-hydrogen) atoms. The fourth-order valence-corrected chi connectivity index (χ4v) is 2.70. The van der Waals surface area contributed by atoms with Gasteiger partial charge in [-0.05, 0) is 35.6 Å². The zero-order chi connectivity index (χ0) is 13.5. The predicted molar refractivity (Wildman–Crippen MR) is 81.3 cm³/mol. The summed E-state index contributed by atoms with van der Waals surface area (Å²) in [4.78, 5) is 13.0. The molecule has 0 saturated carbocycles. The van der Waals surface area contributed by atoms with Crippen LogP contribution in [0.2, 0.25) is 0 Å². The van der Waals surface area contributed by atoms with Gasteiger partial charge in [0.05, 0.1) is 0 Å². The van der Waals surface area contributed by atoms with Crippen LogP contribution >= 0.6 is 11.8 Å². The minimum atomic E-state index is 0.790. The van der Waals surface area contributed by atoms with Crippen LogP contribution in [0.15, 0.2) is 70.5 Å². The van der Waals surface area contributed by atoms with E-state index in [4.69, 9.17) is 0 Å². The van der Waals surface area contributed by atoms with Crippen molar-refractivity contribution in [3.05, 3.63) is 76.7 Å². The van der Waals surface area contributed by atoms with Gasteiger partial charge >= 0.3 is 0 Å². The second kappa shape index (κ2) is 6.95. The van der Waals surface area contributed by atoms with E-state index >= 15 is 0 Å². The molecule has 0 bridgehead atoms. The molecule has 0 aliphatic carbocycles. The average Bonchev–Trinajstić information content (AvgIpc) is 2.43. The minimum absolute atomic E-state index is 0.790. The fourth-order valence-electron chi connectivity index (χ4n) is 1.76. The summed E-state index contributed by atoms with van der Waals surface area (Å²) in [7, 11) is 0. The zero-order valence-corrected chi connectivity index (χ0v) is 11.7. The molecule has 1 nitrogen and oxygen atoms in total. The molecule has 0 N–H and O–H groups in total. The number of hydrogen-bond donors (Lipinski definition) is 0. The fraction of sp³-hybridized carbons (Fsp3) is 0.118. The Morgan fingerprint density at radius 1 is 1.05 bits per heavy atom. The summed E-state index contributed by atoms with van der Waals surface area (Å²) in [5.74, 6) is 0. The van der Waals surface area contributed by atoms with Gasteiger partial charge in [0.2, 0.25) is 0 Å². The van der Waals surface area contributed by atoms with E-state index in [0.29, 0.717) is 0 Å². The lowest BCUT2D eigenvalue weighted by atomic mass is 10.1. The summed E-state index contributed by atoms with van der Waals surface area (Å²) in [5.41, 5.74) is 2.46. The van der Waals surface area contributed by atoms with Crippen molar-refractivity contribution in [3.8, 4) is 0 Å². The summed E-state index contributed by atoms with van der Waals surface area (Å²) in [6.45, 7) is 2.07. The number of aryl methyl sites for hydroxylation is 1. The van der Waals surface area contributed by atoms with Crippen molar-refractivity contribution in [2.75, 3.05) is 0 Å².